The van der Waals surface area contributed by atoms with E-state index in [4.69, 9.17) is 9.52 Å². The fourth-order valence-electron chi connectivity index (χ4n) is 1.15. The number of hydrogen-bond acceptors (Lipinski definition) is 4. The number of carbonyl (C=O) groups is 2. The topological polar surface area (TPSA) is 79.5 Å². The molecular weight excluding hydrogens is 230 g/mol. The fourth-order valence-corrected chi connectivity index (χ4v) is 1.91. The second kappa shape index (κ2) is 4.19. The summed E-state index contributed by atoms with van der Waals surface area (Å²) in [6.45, 7) is 0. The summed E-state index contributed by atoms with van der Waals surface area (Å²) in [7, 11) is 0. The first-order valence-electron chi connectivity index (χ1n) is 4.33. The highest BCUT2D eigenvalue weighted by Gasteiger charge is 2.15. The first-order chi connectivity index (χ1) is 7.68. The molecule has 2 N–H and O–H groups in total. The van der Waals surface area contributed by atoms with Gasteiger partial charge in [0, 0.05) is 10.8 Å². The minimum absolute atomic E-state index is 0.0740. The summed E-state index contributed by atoms with van der Waals surface area (Å²) in [6.07, 6.45) is 1.38. The highest BCUT2D eigenvalue weighted by molar-refractivity contribution is 7.08. The normalized spacial score (nSPS) is 10.0. The van der Waals surface area contributed by atoms with Gasteiger partial charge in [-0.3, -0.25) is 4.79 Å². The highest BCUT2D eigenvalue weighted by Crippen LogP contribution is 2.21. The van der Waals surface area contributed by atoms with Crippen molar-refractivity contribution in [2.24, 2.45) is 0 Å². The van der Waals surface area contributed by atoms with Crippen LogP contribution in [0.5, 0.6) is 0 Å². The van der Waals surface area contributed by atoms with Crippen molar-refractivity contribution in [1.82, 2.24) is 0 Å². The number of carboxylic acid groups (broad SMARTS) is 1. The lowest BCUT2D eigenvalue weighted by Gasteiger charge is -2.01. The summed E-state index contributed by atoms with van der Waals surface area (Å²) in [6, 6.07) is 3.09. The van der Waals surface area contributed by atoms with Gasteiger partial charge in [-0.15, -0.1) is 11.3 Å². The van der Waals surface area contributed by atoms with Gasteiger partial charge in [0.1, 0.15) is 0 Å². The summed E-state index contributed by atoms with van der Waals surface area (Å²) in [4.78, 5) is 22.3. The molecule has 0 radical (unpaired) electrons. The molecular formula is C10H7NO4S. The highest BCUT2D eigenvalue weighted by atomic mass is 32.1. The standard InChI is InChI=1S/C10H7NO4S/c12-9(8-2-1-3-15-8)11-7-5-16-4-6(7)10(13)14/h1-5H,(H,11,12)(H,13,14). The maximum atomic E-state index is 11.6. The molecule has 0 fully saturated rings. The molecule has 0 aromatic carbocycles. The van der Waals surface area contributed by atoms with Crippen LogP contribution in [0.3, 0.4) is 0 Å². The van der Waals surface area contributed by atoms with Crippen LogP contribution in [-0.2, 0) is 0 Å². The third kappa shape index (κ3) is 1.96. The van der Waals surface area contributed by atoms with Crippen molar-refractivity contribution in [2.45, 2.75) is 0 Å². The molecule has 2 aromatic rings. The molecule has 2 heterocycles. The summed E-state index contributed by atoms with van der Waals surface area (Å²) in [5, 5.41) is 14.3. The Morgan fingerprint density at radius 2 is 2.19 bits per heavy atom. The van der Waals surface area contributed by atoms with E-state index < -0.39 is 11.9 Å². The average Bonchev–Trinajstić information content (AvgIpc) is 2.86. The molecule has 2 aromatic heterocycles. The molecule has 1 amide bonds. The maximum absolute atomic E-state index is 11.6. The molecule has 82 valence electrons. The van der Waals surface area contributed by atoms with Gasteiger partial charge >= 0.3 is 5.97 Å². The zero-order valence-electron chi connectivity index (χ0n) is 7.97. The Balaban J connectivity index is 2.18. The molecule has 5 nitrogen and oxygen atoms in total. The molecule has 6 heteroatoms. The zero-order valence-corrected chi connectivity index (χ0v) is 8.78. The van der Waals surface area contributed by atoms with Gasteiger partial charge < -0.3 is 14.8 Å². The van der Waals surface area contributed by atoms with Crippen LogP contribution in [0.2, 0.25) is 0 Å². The number of aromatic carboxylic acids is 1. The van der Waals surface area contributed by atoms with E-state index in [0.29, 0.717) is 0 Å². The predicted molar refractivity (Wildman–Crippen MR) is 57.9 cm³/mol. The van der Waals surface area contributed by atoms with Gasteiger partial charge in [-0.2, -0.15) is 0 Å². The number of rotatable bonds is 3. The van der Waals surface area contributed by atoms with E-state index >= 15 is 0 Å². The number of amides is 1. The Hall–Kier alpha value is -2.08. The lowest BCUT2D eigenvalue weighted by molar-refractivity contribution is 0.0698. The second-order valence-electron chi connectivity index (χ2n) is 2.94. The summed E-state index contributed by atoms with van der Waals surface area (Å²) in [5.74, 6) is -1.40. The minimum Gasteiger partial charge on any atom is -0.478 e. The van der Waals surface area contributed by atoms with Crippen LogP contribution in [0.4, 0.5) is 5.69 Å². The molecule has 0 saturated carbocycles. The first-order valence-corrected chi connectivity index (χ1v) is 5.27. The third-order valence-corrected chi connectivity index (χ3v) is 2.63. The van der Waals surface area contributed by atoms with Crippen LogP contribution in [-0.4, -0.2) is 17.0 Å². The number of anilines is 1. The van der Waals surface area contributed by atoms with Crippen molar-refractivity contribution in [3.63, 3.8) is 0 Å². The predicted octanol–water partition coefficient (Wildman–Crippen LogP) is 2.29. The quantitative estimate of drug-likeness (QED) is 0.858. The van der Waals surface area contributed by atoms with E-state index in [2.05, 4.69) is 5.32 Å². The Morgan fingerprint density at radius 1 is 1.38 bits per heavy atom. The number of carbonyl (C=O) groups excluding carboxylic acids is 1. The third-order valence-electron chi connectivity index (χ3n) is 1.89. The van der Waals surface area contributed by atoms with Gasteiger partial charge in [0.15, 0.2) is 5.76 Å². The molecule has 0 spiro atoms. The zero-order chi connectivity index (χ0) is 11.5. The van der Waals surface area contributed by atoms with E-state index in [9.17, 15) is 9.59 Å². The fraction of sp³-hybridized carbons (Fsp3) is 0. The maximum Gasteiger partial charge on any atom is 0.338 e. The number of thiophene rings is 1. The summed E-state index contributed by atoms with van der Waals surface area (Å²) >= 11 is 1.21. The Bertz CT molecular complexity index is 515. The van der Waals surface area contributed by atoms with E-state index in [0.717, 1.165) is 0 Å². The number of carboxylic acids is 1. The van der Waals surface area contributed by atoms with Crippen molar-refractivity contribution < 1.29 is 19.1 Å². The second-order valence-corrected chi connectivity index (χ2v) is 3.68. The van der Waals surface area contributed by atoms with Crippen LogP contribution >= 0.6 is 11.3 Å². The minimum atomic E-state index is -1.07. The lowest BCUT2D eigenvalue weighted by Crippen LogP contribution is -2.12. The van der Waals surface area contributed by atoms with Crippen LogP contribution in [0, 0.1) is 0 Å². The monoisotopic (exact) mass is 237 g/mol. The van der Waals surface area contributed by atoms with Crippen LogP contribution in [0.15, 0.2) is 33.6 Å². The van der Waals surface area contributed by atoms with Gasteiger partial charge in [-0.05, 0) is 12.1 Å². The van der Waals surface area contributed by atoms with Crippen LogP contribution in [0.1, 0.15) is 20.9 Å². The Kier molecular flexibility index (Phi) is 2.74. The molecule has 0 bridgehead atoms. The largest absolute Gasteiger partial charge is 0.478 e. The van der Waals surface area contributed by atoms with E-state index in [1.165, 1.54) is 29.0 Å². The molecule has 16 heavy (non-hydrogen) atoms. The smallest absolute Gasteiger partial charge is 0.338 e. The molecule has 0 aliphatic heterocycles. The van der Waals surface area contributed by atoms with Crippen LogP contribution in [0.25, 0.3) is 0 Å². The Morgan fingerprint density at radius 3 is 2.81 bits per heavy atom. The van der Waals surface area contributed by atoms with Crippen molar-refractivity contribution in [1.29, 1.82) is 0 Å². The number of nitrogens with one attached hydrogen (secondary N) is 1. The van der Waals surface area contributed by atoms with Crippen molar-refractivity contribution in [3.8, 4) is 0 Å². The van der Waals surface area contributed by atoms with Crippen molar-refractivity contribution >= 4 is 28.9 Å². The van der Waals surface area contributed by atoms with Crippen LogP contribution < -0.4 is 5.32 Å². The first kappa shape index (κ1) is 10.4. The number of furan rings is 1. The van der Waals surface area contributed by atoms with Crippen molar-refractivity contribution in [2.75, 3.05) is 5.32 Å². The Labute approximate surface area is 94.3 Å². The molecule has 2 rings (SSSR count). The molecule has 0 aliphatic carbocycles. The van der Waals surface area contributed by atoms with E-state index in [1.54, 1.807) is 11.4 Å². The van der Waals surface area contributed by atoms with Gasteiger partial charge in [0.2, 0.25) is 0 Å². The number of hydrogen-bond donors (Lipinski definition) is 2. The van der Waals surface area contributed by atoms with Crippen molar-refractivity contribution in [3.05, 3.63) is 40.5 Å². The molecule has 0 saturated heterocycles. The molecule has 0 aliphatic rings. The molecule has 0 atom stereocenters. The van der Waals surface area contributed by atoms with Gasteiger partial charge in [-0.25, -0.2) is 4.79 Å². The van der Waals surface area contributed by atoms with E-state index in [1.807, 2.05) is 0 Å². The van der Waals surface area contributed by atoms with E-state index in [-0.39, 0.29) is 17.0 Å². The van der Waals surface area contributed by atoms with Gasteiger partial charge in [0.25, 0.3) is 5.91 Å². The SMILES string of the molecule is O=C(Nc1cscc1C(=O)O)c1ccco1. The lowest BCUT2D eigenvalue weighted by atomic mass is 10.3. The summed E-state index contributed by atoms with van der Waals surface area (Å²) < 4.78 is 4.89. The van der Waals surface area contributed by atoms with Gasteiger partial charge in [-0.1, -0.05) is 0 Å². The molecule has 0 unspecified atom stereocenters. The summed E-state index contributed by atoms with van der Waals surface area (Å²) in [5.41, 5.74) is 0.351. The van der Waals surface area contributed by atoms with Gasteiger partial charge in [0.05, 0.1) is 17.5 Å². The average molecular weight is 237 g/mol.